The SMILES string of the molecule is NC(=O)C1(C(N)=O)CCC=c2c1c1c(n2Cc2ccccc2)=CCC=C1. The number of primary amides is 2. The minimum Gasteiger partial charge on any atom is -0.368 e. The molecule has 4 N–H and O–H groups in total. The first-order valence-corrected chi connectivity index (χ1v) is 8.79. The van der Waals surface area contributed by atoms with Gasteiger partial charge in [0.05, 0.1) is 0 Å². The van der Waals surface area contributed by atoms with Gasteiger partial charge in [0.15, 0.2) is 5.41 Å². The molecular formula is C21H21N3O2. The van der Waals surface area contributed by atoms with Crippen LogP contribution in [0.2, 0.25) is 0 Å². The second kappa shape index (κ2) is 6.02. The van der Waals surface area contributed by atoms with E-state index >= 15 is 0 Å². The highest BCUT2D eigenvalue weighted by atomic mass is 16.2. The molecule has 0 fully saturated rings. The van der Waals surface area contributed by atoms with Crippen molar-refractivity contribution in [3.63, 3.8) is 0 Å². The molecule has 1 heterocycles. The Morgan fingerprint density at radius 2 is 1.77 bits per heavy atom. The van der Waals surface area contributed by atoms with E-state index in [2.05, 4.69) is 28.9 Å². The van der Waals surface area contributed by atoms with Crippen LogP contribution in [0.4, 0.5) is 0 Å². The highest BCUT2D eigenvalue weighted by Gasteiger charge is 2.48. The maximum absolute atomic E-state index is 12.4. The molecule has 0 bridgehead atoms. The second-order valence-electron chi connectivity index (χ2n) is 6.85. The molecule has 5 heteroatoms. The van der Waals surface area contributed by atoms with E-state index in [-0.39, 0.29) is 0 Å². The van der Waals surface area contributed by atoms with E-state index in [1.807, 2.05) is 30.4 Å². The molecule has 5 nitrogen and oxygen atoms in total. The first-order valence-electron chi connectivity index (χ1n) is 8.79. The highest BCUT2D eigenvalue weighted by Crippen LogP contribution is 2.33. The van der Waals surface area contributed by atoms with Crippen LogP contribution >= 0.6 is 0 Å². The van der Waals surface area contributed by atoms with Crippen molar-refractivity contribution in [2.24, 2.45) is 11.5 Å². The number of carbonyl (C=O) groups is 2. The number of rotatable bonds is 4. The summed E-state index contributed by atoms with van der Waals surface area (Å²) in [6.07, 6.45) is 9.93. The van der Waals surface area contributed by atoms with Crippen molar-refractivity contribution in [1.82, 2.24) is 4.57 Å². The Morgan fingerprint density at radius 1 is 1.04 bits per heavy atom. The van der Waals surface area contributed by atoms with Gasteiger partial charge in [-0.2, -0.15) is 0 Å². The number of nitrogens with two attached hydrogens (primary N) is 2. The molecule has 0 saturated carbocycles. The maximum atomic E-state index is 12.4. The van der Waals surface area contributed by atoms with Gasteiger partial charge in [0.2, 0.25) is 11.8 Å². The van der Waals surface area contributed by atoms with Crippen LogP contribution in [0, 0.1) is 0 Å². The normalized spacial score (nSPS) is 16.8. The van der Waals surface area contributed by atoms with Crippen molar-refractivity contribution in [2.75, 3.05) is 0 Å². The van der Waals surface area contributed by atoms with Crippen LogP contribution in [-0.4, -0.2) is 16.4 Å². The summed E-state index contributed by atoms with van der Waals surface area (Å²) < 4.78 is 2.17. The summed E-state index contributed by atoms with van der Waals surface area (Å²) in [6, 6.07) is 10.1. The first kappa shape index (κ1) is 16.4. The van der Waals surface area contributed by atoms with Crippen LogP contribution in [0.25, 0.3) is 18.2 Å². The molecule has 0 unspecified atom stereocenters. The highest BCUT2D eigenvalue weighted by molar-refractivity contribution is 6.10. The lowest BCUT2D eigenvalue weighted by Gasteiger charge is -2.30. The van der Waals surface area contributed by atoms with E-state index in [0.29, 0.717) is 24.9 Å². The van der Waals surface area contributed by atoms with E-state index in [1.54, 1.807) is 0 Å². The molecule has 2 aliphatic carbocycles. The summed E-state index contributed by atoms with van der Waals surface area (Å²) in [7, 11) is 0. The monoisotopic (exact) mass is 347 g/mol. The molecule has 4 rings (SSSR count). The van der Waals surface area contributed by atoms with Crippen molar-refractivity contribution < 1.29 is 9.59 Å². The lowest BCUT2D eigenvalue weighted by Crippen LogP contribution is -2.55. The summed E-state index contributed by atoms with van der Waals surface area (Å²) in [5.41, 5.74) is 12.7. The molecule has 1 aromatic carbocycles. The molecule has 26 heavy (non-hydrogen) atoms. The Hall–Kier alpha value is -3.08. The van der Waals surface area contributed by atoms with E-state index in [1.165, 1.54) is 0 Å². The smallest absolute Gasteiger partial charge is 0.237 e. The topological polar surface area (TPSA) is 91.1 Å². The number of allylic oxidation sites excluding steroid dienone is 1. The van der Waals surface area contributed by atoms with Gasteiger partial charge in [-0.05, 0) is 24.8 Å². The summed E-state index contributed by atoms with van der Waals surface area (Å²) >= 11 is 0. The number of amides is 2. The van der Waals surface area contributed by atoms with Gasteiger partial charge in [-0.25, -0.2) is 0 Å². The fourth-order valence-corrected chi connectivity index (χ4v) is 4.19. The molecule has 132 valence electrons. The van der Waals surface area contributed by atoms with Crippen LogP contribution in [0.5, 0.6) is 0 Å². The summed E-state index contributed by atoms with van der Waals surface area (Å²) in [6.45, 7) is 0.660. The van der Waals surface area contributed by atoms with Crippen LogP contribution in [0.1, 0.15) is 36.0 Å². The van der Waals surface area contributed by atoms with E-state index in [4.69, 9.17) is 11.5 Å². The van der Waals surface area contributed by atoms with Gasteiger partial charge in [-0.15, -0.1) is 0 Å². The Kier molecular flexibility index (Phi) is 3.80. The van der Waals surface area contributed by atoms with Gasteiger partial charge in [-0.1, -0.05) is 54.6 Å². The minimum atomic E-state index is -1.45. The Balaban J connectivity index is 2.04. The Bertz CT molecular complexity index is 1030. The van der Waals surface area contributed by atoms with Crippen molar-refractivity contribution in [3.8, 4) is 0 Å². The number of hydrogen-bond donors (Lipinski definition) is 2. The van der Waals surface area contributed by atoms with Crippen molar-refractivity contribution in [3.05, 3.63) is 63.8 Å². The third-order valence-electron chi connectivity index (χ3n) is 5.42. The van der Waals surface area contributed by atoms with Gasteiger partial charge in [0.1, 0.15) is 0 Å². The molecule has 2 aromatic rings. The fourth-order valence-electron chi connectivity index (χ4n) is 4.19. The number of hydrogen-bond acceptors (Lipinski definition) is 2. The molecule has 0 radical (unpaired) electrons. The quantitative estimate of drug-likeness (QED) is 0.789. The second-order valence-corrected chi connectivity index (χ2v) is 6.85. The number of aromatic nitrogens is 1. The molecule has 2 aliphatic rings. The van der Waals surface area contributed by atoms with E-state index < -0.39 is 17.2 Å². The predicted octanol–water partition coefficient (Wildman–Crippen LogP) is 0.517. The molecule has 1 aromatic heterocycles. The van der Waals surface area contributed by atoms with Gasteiger partial charge in [0, 0.05) is 28.4 Å². The summed E-state index contributed by atoms with van der Waals surface area (Å²) in [5, 5.41) is 1.90. The number of carbonyl (C=O) groups excluding carboxylic acids is 2. The molecule has 0 atom stereocenters. The van der Waals surface area contributed by atoms with Crippen LogP contribution < -0.4 is 22.2 Å². The molecular weight excluding hydrogens is 326 g/mol. The standard InChI is InChI=1S/C21H21N3O2/c22-19(25)21(20(23)26)12-6-11-17-18(21)15-9-4-5-10-16(15)24(17)13-14-7-2-1-3-8-14/h1-4,7-11H,5-6,12-13H2,(H2,22,25)(H2,23,26). The van der Waals surface area contributed by atoms with Crippen molar-refractivity contribution in [2.45, 2.75) is 31.2 Å². The van der Waals surface area contributed by atoms with Gasteiger partial charge in [0.25, 0.3) is 0 Å². The lowest BCUT2D eigenvalue weighted by atomic mass is 9.71. The molecule has 0 saturated heterocycles. The van der Waals surface area contributed by atoms with Crippen molar-refractivity contribution in [1.29, 1.82) is 0 Å². The van der Waals surface area contributed by atoms with Gasteiger partial charge >= 0.3 is 0 Å². The average Bonchev–Trinajstić information content (AvgIpc) is 2.96. The summed E-state index contributed by atoms with van der Waals surface area (Å²) in [5.74, 6) is -1.34. The van der Waals surface area contributed by atoms with E-state index in [0.717, 1.165) is 28.2 Å². The van der Waals surface area contributed by atoms with Crippen LogP contribution in [0.3, 0.4) is 0 Å². The zero-order valence-electron chi connectivity index (χ0n) is 14.4. The summed E-state index contributed by atoms with van der Waals surface area (Å²) in [4.78, 5) is 24.8. The molecule has 0 aliphatic heterocycles. The average molecular weight is 347 g/mol. The number of nitrogens with zero attached hydrogens (tertiary/aromatic N) is 1. The largest absolute Gasteiger partial charge is 0.368 e. The third-order valence-corrected chi connectivity index (χ3v) is 5.42. The number of fused-ring (bicyclic) bond motifs is 3. The zero-order valence-corrected chi connectivity index (χ0v) is 14.4. The lowest BCUT2D eigenvalue weighted by molar-refractivity contribution is -0.134. The van der Waals surface area contributed by atoms with Gasteiger partial charge < -0.3 is 16.0 Å². The Labute approximate surface area is 151 Å². The predicted molar refractivity (Wildman–Crippen MR) is 101 cm³/mol. The Morgan fingerprint density at radius 3 is 2.46 bits per heavy atom. The van der Waals surface area contributed by atoms with Crippen LogP contribution in [0.15, 0.2) is 36.4 Å². The van der Waals surface area contributed by atoms with E-state index in [9.17, 15) is 9.59 Å². The third kappa shape index (κ3) is 2.24. The first-order chi connectivity index (χ1) is 12.6. The minimum absolute atomic E-state index is 0.320. The molecule has 2 amide bonds. The molecule has 0 spiro atoms. The van der Waals surface area contributed by atoms with Crippen molar-refractivity contribution >= 4 is 30.0 Å². The maximum Gasteiger partial charge on any atom is 0.237 e. The fraction of sp³-hybridized carbons (Fsp3) is 0.238. The zero-order chi connectivity index (χ0) is 18.3. The van der Waals surface area contributed by atoms with Gasteiger partial charge in [-0.3, -0.25) is 9.59 Å². The number of benzene rings is 1. The van der Waals surface area contributed by atoms with Crippen LogP contribution in [-0.2, 0) is 21.5 Å².